The molecular formula is C50H34N2O. The summed E-state index contributed by atoms with van der Waals surface area (Å²) in [5, 5.41) is 4.85. The van der Waals surface area contributed by atoms with E-state index < -0.39 is 0 Å². The van der Waals surface area contributed by atoms with E-state index in [0.29, 0.717) is 0 Å². The van der Waals surface area contributed by atoms with Crippen molar-refractivity contribution in [2.75, 3.05) is 0 Å². The number of fused-ring (bicyclic) bond motifs is 12. The molecule has 7 aromatic carbocycles. The maximum Gasteiger partial charge on any atom is 0.160 e. The molecule has 0 N–H and O–H groups in total. The van der Waals surface area contributed by atoms with Crippen molar-refractivity contribution in [1.82, 2.24) is 9.55 Å². The van der Waals surface area contributed by atoms with Gasteiger partial charge in [-0.1, -0.05) is 147 Å². The fourth-order valence-electron chi connectivity index (χ4n) is 8.98. The number of pyridine rings is 1. The van der Waals surface area contributed by atoms with Crippen LogP contribution in [0, 0.1) is 0 Å². The zero-order valence-corrected chi connectivity index (χ0v) is 29.5. The number of nitrogens with zero attached hydrogens (tertiary/aromatic N) is 2. The van der Waals surface area contributed by atoms with Crippen molar-refractivity contribution < 1.29 is 4.42 Å². The number of hydrogen-bond donors (Lipinski definition) is 0. The van der Waals surface area contributed by atoms with E-state index in [9.17, 15) is 0 Å². The Kier molecular flexibility index (Phi) is 6.30. The van der Waals surface area contributed by atoms with E-state index in [2.05, 4.69) is 176 Å². The van der Waals surface area contributed by atoms with E-state index >= 15 is 0 Å². The van der Waals surface area contributed by atoms with Crippen LogP contribution in [0.4, 0.5) is 0 Å². The van der Waals surface area contributed by atoms with E-state index in [-0.39, 0.29) is 5.41 Å². The van der Waals surface area contributed by atoms with Gasteiger partial charge in [-0.25, -0.2) is 4.98 Å². The molecule has 0 bridgehead atoms. The first-order valence-corrected chi connectivity index (χ1v) is 18.3. The molecule has 0 unspecified atom stereocenters. The first kappa shape index (κ1) is 30.0. The Hall–Kier alpha value is -6.71. The summed E-state index contributed by atoms with van der Waals surface area (Å²) in [6.45, 7) is 4.77. The predicted molar refractivity (Wildman–Crippen MR) is 220 cm³/mol. The fraction of sp³-hybridized carbons (Fsp3) is 0.0600. The van der Waals surface area contributed by atoms with Gasteiger partial charge in [-0.2, -0.15) is 0 Å². The summed E-state index contributed by atoms with van der Waals surface area (Å²) in [6, 6.07) is 60.6. The monoisotopic (exact) mass is 678 g/mol. The van der Waals surface area contributed by atoms with Crippen LogP contribution < -0.4 is 0 Å². The molecule has 1 aliphatic carbocycles. The zero-order chi connectivity index (χ0) is 35.3. The van der Waals surface area contributed by atoms with Gasteiger partial charge in [0, 0.05) is 43.8 Å². The minimum atomic E-state index is -0.205. The number of aromatic nitrogens is 2. The van der Waals surface area contributed by atoms with Gasteiger partial charge in [-0.15, -0.1) is 0 Å². The number of para-hydroxylation sites is 2. The number of furan rings is 1. The lowest BCUT2D eigenvalue weighted by Gasteiger charge is -2.23. The molecular weight excluding hydrogens is 645 g/mol. The Morgan fingerprint density at radius 3 is 1.85 bits per heavy atom. The largest absolute Gasteiger partial charge is 0.454 e. The van der Waals surface area contributed by atoms with Crippen LogP contribution in [0.2, 0.25) is 0 Å². The Balaban J connectivity index is 1.18. The van der Waals surface area contributed by atoms with Crippen LogP contribution in [-0.2, 0) is 5.41 Å². The summed E-state index contributed by atoms with van der Waals surface area (Å²) < 4.78 is 9.37. The molecule has 0 aliphatic heterocycles. The molecule has 3 heteroatoms. The van der Waals surface area contributed by atoms with E-state index in [1.165, 1.54) is 43.9 Å². The van der Waals surface area contributed by atoms with E-state index in [1.54, 1.807) is 0 Å². The molecule has 11 rings (SSSR count). The van der Waals surface area contributed by atoms with Gasteiger partial charge >= 0.3 is 0 Å². The third-order valence-corrected chi connectivity index (χ3v) is 11.4. The van der Waals surface area contributed by atoms with E-state index in [0.717, 1.165) is 61.4 Å². The average molecular weight is 679 g/mol. The molecule has 3 aromatic heterocycles. The van der Waals surface area contributed by atoms with Gasteiger partial charge in [0.1, 0.15) is 5.58 Å². The Labute approximate surface area is 307 Å². The van der Waals surface area contributed by atoms with Crippen LogP contribution >= 0.6 is 0 Å². The van der Waals surface area contributed by atoms with Gasteiger partial charge < -0.3 is 8.98 Å². The minimum Gasteiger partial charge on any atom is -0.454 e. The molecule has 1 aliphatic rings. The highest BCUT2D eigenvalue weighted by atomic mass is 16.3. The maximum atomic E-state index is 6.94. The number of hydrogen-bond acceptors (Lipinski definition) is 2. The highest BCUT2D eigenvalue weighted by Crippen LogP contribution is 2.58. The smallest absolute Gasteiger partial charge is 0.160 e. The summed E-state index contributed by atoms with van der Waals surface area (Å²) in [4.78, 5) is 5.11. The molecule has 0 amide bonds. The summed E-state index contributed by atoms with van der Waals surface area (Å²) in [6.07, 6.45) is 0. The van der Waals surface area contributed by atoms with Crippen molar-refractivity contribution in [3.05, 3.63) is 181 Å². The van der Waals surface area contributed by atoms with Crippen molar-refractivity contribution in [2.45, 2.75) is 19.3 Å². The second-order valence-corrected chi connectivity index (χ2v) is 14.7. The second kappa shape index (κ2) is 11.1. The molecule has 0 saturated carbocycles. The van der Waals surface area contributed by atoms with Crippen LogP contribution in [-0.4, -0.2) is 9.55 Å². The standard InChI is InChI=1S/C50H34N2O/c1-50(2)39-22-12-9-19-36(39)44-45-38-21-11-14-24-43(38)53-49(45)48-46(47(44)50)37-20-10-13-23-42(37)52(48)35-27-25-31(26-28-35)34-29-40(32-15-5-3-6-16-32)51-41(30-34)33-17-7-4-8-18-33/h3-30H,1-2H3. The number of benzene rings is 7. The molecule has 53 heavy (non-hydrogen) atoms. The topological polar surface area (TPSA) is 31.0 Å². The van der Waals surface area contributed by atoms with Crippen LogP contribution in [0.25, 0.3) is 94.2 Å². The van der Waals surface area contributed by atoms with Crippen molar-refractivity contribution in [3.8, 4) is 50.5 Å². The van der Waals surface area contributed by atoms with Gasteiger partial charge in [0.15, 0.2) is 5.58 Å². The molecule has 250 valence electrons. The predicted octanol–water partition coefficient (Wildman–Crippen LogP) is 13.4. The van der Waals surface area contributed by atoms with E-state index in [1.807, 2.05) is 12.1 Å². The molecule has 3 heterocycles. The van der Waals surface area contributed by atoms with Crippen LogP contribution in [0.3, 0.4) is 0 Å². The van der Waals surface area contributed by atoms with E-state index in [4.69, 9.17) is 9.40 Å². The lowest BCUT2D eigenvalue weighted by Crippen LogP contribution is -2.15. The van der Waals surface area contributed by atoms with Gasteiger partial charge in [0.05, 0.1) is 22.4 Å². The normalized spacial score (nSPS) is 13.2. The lowest BCUT2D eigenvalue weighted by molar-refractivity contribution is 0.663. The average Bonchev–Trinajstić information content (AvgIpc) is 3.84. The molecule has 3 nitrogen and oxygen atoms in total. The van der Waals surface area contributed by atoms with Gasteiger partial charge in [-0.05, 0) is 69.8 Å². The Bertz CT molecular complexity index is 3000. The quantitative estimate of drug-likeness (QED) is 0.185. The summed E-state index contributed by atoms with van der Waals surface area (Å²) in [7, 11) is 0. The minimum absolute atomic E-state index is 0.205. The maximum absolute atomic E-state index is 6.94. The SMILES string of the molecule is CC1(C)c2ccccc2-c2c1c1c3ccccc3n(-c3ccc(-c4cc(-c5ccccc5)nc(-c5ccccc5)c4)cc3)c1c1oc3ccccc3c21. The van der Waals surface area contributed by atoms with Crippen LogP contribution in [0.1, 0.15) is 25.0 Å². The first-order valence-electron chi connectivity index (χ1n) is 18.3. The lowest BCUT2D eigenvalue weighted by atomic mass is 9.80. The highest BCUT2D eigenvalue weighted by molar-refractivity contribution is 6.29. The third-order valence-electron chi connectivity index (χ3n) is 11.4. The summed E-state index contributed by atoms with van der Waals surface area (Å²) in [5.74, 6) is 0. The molecule has 0 atom stereocenters. The zero-order valence-electron chi connectivity index (χ0n) is 29.5. The van der Waals surface area contributed by atoms with Gasteiger partial charge in [0.2, 0.25) is 0 Å². The molecule has 0 spiro atoms. The molecule has 10 aromatic rings. The van der Waals surface area contributed by atoms with Crippen molar-refractivity contribution >= 4 is 43.7 Å². The fourth-order valence-corrected chi connectivity index (χ4v) is 8.98. The van der Waals surface area contributed by atoms with Gasteiger partial charge in [-0.3, -0.25) is 0 Å². The van der Waals surface area contributed by atoms with Crippen molar-refractivity contribution in [2.24, 2.45) is 0 Å². The Morgan fingerprint density at radius 2 is 1.13 bits per heavy atom. The highest BCUT2D eigenvalue weighted by Gasteiger charge is 2.41. The summed E-state index contributed by atoms with van der Waals surface area (Å²) in [5.41, 5.74) is 16.7. The molecule has 0 fully saturated rings. The third kappa shape index (κ3) is 4.31. The van der Waals surface area contributed by atoms with Gasteiger partial charge in [0.25, 0.3) is 0 Å². The molecule has 0 saturated heterocycles. The molecule has 0 radical (unpaired) electrons. The van der Waals surface area contributed by atoms with Crippen molar-refractivity contribution in [3.63, 3.8) is 0 Å². The van der Waals surface area contributed by atoms with Crippen LogP contribution in [0.5, 0.6) is 0 Å². The van der Waals surface area contributed by atoms with Crippen LogP contribution in [0.15, 0.2) is 174 Å². The second-order valence-electron chi connectivity index (χ2n) is 14.7. The summed E-state index contributed by atoms with van der Waals surface area (Å²) >= 11 is 0. The van der Waals surface area contributed by atoms with Crippen molar-refractivity contribution in [1.29, 1.82) is 0 Å². The number of rotatable bonds is 4. The first-order chi connectivity index (χ1) is 26.1. The Morgan fingerprint density at radius 1 is 0.528 bits per heavy atom.